The number of rotatable bonds is 3. The Morgan fingerprint density at radius 3 is 2.11 bits per heavy atom. The van der Waals surface area contributed by atoms with E-state index in [9.17, 15) is 0 Å². The quantitative estimate of drug-likeness (QED) is 0.205. The second-order valence-corrected chi connectivity index (χ2v) is 12.4. The molecular formula is C40H23N3OS. The van der Waals surface area contributed by atoms with Crippen molar-refractivity contribution in [3.63, 3.8) is 0 Å². The maximum absolute atomic E-state index is 6.31. The zero-order chi connectivity index (χ0) is 29.5. The van der Waals surface area contributed by atoms with E-state index in [2.05, 4.69) is 114 Å². The Bertz CT molecular complexity index is 2750. The SMILES string of the molecule is c1ccc(-c2nc(-c3ccc(-n4c5ccccc5c5ccc6oc7ccccc7c6c54)cc3)c3c(n2)sc2ccccc23)cc1. The fraction of sp³-hybridized carbons (Fsp3) is 0. The Morgan fingerprint density at radius 2 is 1.24 bits per heavy atom. The first-order valence-corrected chi connectivity index (χ1v) is 15.8. The molecule has 4 heterocycles. The van der Waals surface area contributed by atoms with Crippen LogP contribution in [0.3, 0.4) is 0 Å². The van der Waals surface area contributed by atoms with Gasteiger partial charge in [-0.2, -0.15) is 0 Å². The predicted molar refractivity (Wildman–Crippen MR) is 187 cm³/mol. The summed E-state index contributed by atoms with van der Waals surface area (Å²) in [6.45, 7) is 0. The number of fused-ring (bicyclic) bond motifs is 10. The van der Waals surface area contributed by atoms with Crippen LogP contribution in [0, 0.1) is 0 Å². The summed E-state index contributed by atoms with van der Waals surface area (Å²) in [5.41, 5.74) is 8.23. The van der Waals surface area contributed by atoms with Crippen molar-refractivity contribution in [3.8, 4) is 28.3 Å². The molecule has 0 amide bonds. The highest BCUT2D eigenvalue weighted by Crippen LogP contribution is 2.42. The average molecular weight is 594 g/mol. The molecule has 6 aromatic carbocycles. The number of aromatic nitrogens is 3. The minimum absolute atomic E-state index is 0.741. The van der Waals surface area contributed by atoms with E-state index in [4.69, 9.17) is 14.4 Å². The normalized spacial score (nSPS) is 12.0. The summed E-state index contributed by atoms with van der Waals surface area (Å²) in [4.78, 5) is 11.2. The van der Waals surface area contributed by atoms with Gasteiger partial charge in [0, 0.05) is 48.4 Å². The molecule has 210 valence electrons. The molecule has 45 heavy (non-hydrogen) atoms. The molecule has 4 aromatic heterocycles. The van der Waals surface area contributed by atoms with Crippen LogP contribution in [0.1, 0.15) is 0 Å². The minimum atomic E-state index is 0.741. The van der Waals surface area contributed by atoms with Gasteiger partial charge in [0.15, 0.2) is 5.82 Å². The van der Waals surface area contributed by atoms with Crippen LogP contribution < -0.4 is 0 Å². The lowest BCUT2D eigenvalue weighted by Crippen LogP contribution is -1.96. The van der Waals surface area contributed by atoms with Crippen molar-refractivity contribution in [2.75, 3.05) is 0 Å². The third-order valence-electron chi connectivity index (χ3n) is 8.84. The Hall–Kier alpha value is -5.78. The fourth-order valence-corrected chi connectivity index (χ4v) is 7.93. The molecule has 0 N–H and O–H groups in total. The van der Waals surface area contributed by atoms with E-state index >= 15 is 0 Å². The second-order valence-electron chi connectivity index (χ2n) is 11.4. The first-order chi connectivity index (χ1) is 22.3. The molecule has 0 aliphatic rings. The Balaban J connectivity index is 1.23. The van der Waals surface area contributed by atoms with Gasteiger partial charge in [-0.1, -0.05) is 97.1 Å². The molecule has 0 bridgehead atoms. The van der Waals surface area contributed by atoms with Crippen LogP contribution in [-0.2, 0) is 0 Å². The van der Waals surface area contributed by atoms with Crippen LogP contribution in [0.15, 0.2) is 144 Å². The highest BCUT2D eigenvalue weighted by atomic mass is 32.1. The molecule has 0 radical (unpaired) electrons. The van der Waals surface area contributed by atoms with Gasteiger partial charge in [0.25, 0.3) is 0 Å². The van der Waals surface area contributed by atoms with Crippen LogP contribution in [0.2, 0.25) is 0 Å². The first kappa shape index (κ1) is 24.6. The summed E-state index contributed by atoms with van der Waals surface area (Å²) < 4.78 is 9.91. The molecule has 0 fully saturated rings. The number of hydrogen-bond donors (Lipinski definition) is 0. The van der Waals surface area contributed by atoms with E-state index in [1.807, 2.05) is 30.3 Å². The Kier molecular flexibility index (Phi) is 5.12. The molecule has 0 saturated heterocycles. The molecule has 10 aromatic rings. The molecule has 5 heteroatoms. The third-order valence-corrected chi connectivity index (χ3v) is 9.91. The van der Waals surface area contributed by atoms with Crippen molar-refractivity contribution in [2.45, 2.75) is 0 Å². The van der Waals surface area contributed by atoms with E-state index in [1.54, 1.807) is 11.3 Å². The molecule has 0 atom stereocenters. The smallest absolute Gasteiger partial charge is 0.161 e. The lowest BCUT2D eigenvalue weighted by molar-refractivity contribution is 0.669. The van der Waals surface area contributed by atoms with Gasteiger partial charge in [-0.3, -0.25) is 0 Å². The third kappa shape index (κ3) is 3.59. The number of furan rings is 1. The van der Waals surface area contributed by atoms with Gasteiger partial charge in [-0.15, -0.1) is 11.3 Å². The number of thiophene rings is 1. The first-order valence-electron chi connectivity index (χ1n) is 15.0. The largest absolute Gasteiger partial charge is 0.456 e. The van der Waals surface area contributed by atoms with Gasteiger partial charge < -0.3 is 8.98 Å². The van der Waals surface area contributed by atoms with Crippen molar-refractivity contribution in [1.29, 1.82) is 0 Å². The summed E-state index contributed by atoms with van der Waals surface area (Å²) >= 11 is 1.72. The highest BCUT2D eigenvalue weighted by molar-refractivity contribution is 7.25. The molecule has 0 aliphatic carbocycles. The summed E-state index contributed by atoms with van der Waals surface area (Å²) in [5, 5.41) is 6.99. The number of para-hydroxylation sites is 2. The van der Waals surface area contributed by atoms with Gasteiger partial charge in [-0.25, -0.2) is 9.97 Å². The molecule has 10 rings (SSSR count). The van der Waals surface area contributed by atoms with Crippen molar-refractivity contribution in [1.82, 2.24) is 14.5 Å². The maximum atomic E-state index is 6.31. The summed E-state index contributed by atoms with van der Waals surface area (Å²) in [7, 11) is 0. The zero-order valence-corrected chi connectivity index (χ0v) is 24.8. The van der Waals surface area contributed by atoms with Gasteiger partial charge in [0.1, 0.15) is 16.0 Å². The van der Waals surface area contributed by atoms with Crippen LogP contribution in [0.25, 0.3) is 92.4 Å². The maximum Gasteiger partial charge on any atom is 0.161 e. The molecular weight excluding hydrogens is 571 g/mol. The monoisotopic (exact) mass is 593 g/mol. The molecule has 0 aliphatic heterocycles. The molecule has 4 nitrogen and oxygen atoms in total. The fourth-order valence-electron chi connectivity index (χ4n) is 6.85. The number of hydrogen-bond acceptors (Lipinski definition) is 4. The van der Waals surface area contributed by atoms with Gasteiger partial charge in [-0.05, 0) is 42.5 Å². The summed E-state index contributed by atoms with van der Waals surface area (Å²) in [6.07, 6.45) is 0. The van der Waals surface area contributed by atoms with E-state index in [0.717, 1.165) is 71.5 Å². The van der Waals surface area contributed by atoms with Crippen molar-refractivity contribution in [3.05, 3.63) is 140 Å². The van der Waals surface area contributed by atoms with Crippen molar-refractivity contribution >= 4 is 75.4 Å². The minimum Gasteiger partial charge on any atom is -0.456 e. The van der Waals surface area contributed by atoms with E-state index < -0.39 is 0 Å². The topological polar surface area (TPSA) is 43.9 Å². The van der Waals surface area contributed by atoms with Gasteiger partial charge in [0.05, 0.1) is 22.1 Å². The van der Waals surface area contributed by atoms with Gasteiger partial charge >= 0.3 is 0 Å². The lowest BCUT2D eigenvalue weighted by atomic mass is 10.0. The van der Waals surface area contributed by atoms with Crippen molar-refractivity contribution < 1.29 is 4.42 Å². The van der Waals surface area contributed by atoms with Crippen LogP contribution in [-0.4, -0.2) is 14.5 Å². The highest BCUT2D eigenvalue weighted by Gasteiger charge is 2.20. The van der Waals surface area contributed by atoms with Crippen LogP contribution >= 0.6 is 11.3 Å². The molecule has 0 unspecified atom stereocenters. The zero-order valence-electron chi connectivity index (χ0n) is 23.9. The average Bonchev–Trinajstić information content (AvgIpc) is 3.77. The van der Waals surface area contributed by atoms with Crippen LogP contribution in [0.5, 0.6) is 0 Å². The second kappa shape index (κ2) is 9.36. The lowest BCUT2D eigenvalue weighted by Gasteiger charge is -2.11. The molecule has 0 saturated carbocycles. The summed E-state index contributed by atoms with van der Waals surface area (Å²) in [6, 6.07) is 48.8. The standard InChI is InChI=1S/C40H23N3OS/c1-2-10-25(11-3-1)39-41-37(36-30-14-6-9-17-34(30)45-40(36)42-39)24-18-20-26(21-19-24)43-31-15-7-4-12-27(31)28-22-23-33-35(38(28)43)29-13-5-8-16-32(29)44-33/h1-23H. The van der Waals surface area contributed by atoms with E-state index in [0.29, 0.717) is 0 Å². The Morgan fingerprint density at radius 1 is 0.511 bits per heavy atom. The number of benzene rings is 6. The predicted octanol–water partition coefficient (Wildman–Crippen LogP) is 11.2. The van der Waals surface area contributed by atoms with E-state index in [1.165, 1.54) is 20.9 Å². The molecule has 0 spiro atoms. The van der Waals surface area contributed by atoms with Gasteiger partial charge in [0.2, 0.25) is 0 Å². The summed E-state index contributed by atoms with van der Waals surface area (Å²) in [5.74, 6) is 0.741. The number of nitrogens with zero attached hydrogens (tertiary/aromatic N) is 3. The van der Waals surface area contributed by atoms with Crippen LogP contribution in [0.4, 0.5) is 0 Å². The Labute approximate surface area is 261 Å². The van der Waals surface area contributed by atoms with E-state index in [-0.39, 0.29) is 0 Å². The van der Waals surface area contributed by atoms with Crippen molar-refractivity contribution in [2.24, 2.45) is 0 Å².